The maximum atomic E-state index is 13.5. The zero-order valence-electron chi connectivity index (χ0n) is 11.5. The van der Waals surface area contributed by atoms with E-state index in [0.717, 1.165) is 23.6 Å². The molecule has 2 aromatic rings. The molecule has 1 atom stereocenters. The third-order valence-corrected chi connectivity index (χ3v) is 4.51. The Bertz CT molecular complexity index is 600. The van der Waals surface area contributed by atoms with Crippen molar-refractivity contribution in [3.63, 3.8) is 0 Å². The Kier molecular flexibility index (Phi) is 5.58. The molecule has 2 rings (SSSR count). The highest BCUT2D eigenvalue weighted by Gasteiger charge is 2.15. The number of halogens is 3. The molecule has 0 fully saturated rings. The molecule has 0 saturated carbocycles. The summed E-state index contributed by atoms with van der Waals surface area (Å²) in [6, 6.07) is 3.05. The molecule has 20 heavy (non-hydrogen) atoms. The smallest absolute Gasteiger partial charge is 0.144 e. The van der Waals surface area contributed by atoms with Crippen LogP contribution < -0.4 is 0 Å². The Hall–Kier alpha value is -0.450. The molecule has 0 saturated heterocycles. The summed E-state index contributed by atoms with van der Waals surface area (Å²) in [5.74, 6) is 2.52. The Morgan fingerprint density at radius 2 is 2.20 bits per heavy atom. The van der Waals surface area contributed by atoms with E-state index in [1.165, 1.54) is 6.07 Å². The first-order valence-electron chi connectivity index (χ1n) is 6.45. The van der Waals surface area contributed by atoms with Gasteiger partial charge in [-0.25, -0.2) is 9.37 Å². The van der Waals surface area contributed by atoms with Gasteiger partial charge >= 0.3 is 0 Å². The van der Waals surface area contributed by atoms with Crippen LogP contribution in [-0.4, -0.2) is 27.4 Å². The first-order valence-corrected chi connectivity index (χ1v) is 8.76. The Balaban J connectivity index is 2.47. The quantitative estimate of drug-likeness (QED) is 0.718. The number of benzene rings is 1. The van der Waals surface area contributed by atoms with Crippen molar-refractivity contribution in [2.24, 2.45) is 5.92 Å². The van der Waals surface area contributed by atoms with Crippen LogP contribution in [0.2, 0.25) is 5.02 Å². The average molecular weight is 335 g/mol. The first-order chi connectivity index (χ1) is 9.56. The number of hydrogen-bond acceptors (Lipinski definition) is 2. The molecule has 6 heteroatoms. The number of nitrogens with zero attached hydrogens (tertiary/aromatic N) is 2. The van der Waals surface area contributed by atoms with Gasteiger partial charge in [-0.05, 0) is 24.0 Å². The Morgan fingerprint density at radius 1 is 1.45 bits per heavy atom. The second-order valence-electron chi connectivity index (χ2n) is 4.89. The van der Waals surface area contributed by atoms with Crippen LogP contribution in [-0.2, 0) is 13.0 Å². The number of thioether (sulfide) groups is 1. The van der Waals surface area contributed by atoms with Crippen LogP contribution in [0.5, 0.6) is 0 Å². The number of hydrogen-bond donors (Lipinski definition) is 0. The van der Waals surface area contributed by atoms with E-state index in [9.17, 15) is 4.39 Å². The number of fused-ring (bicyclic) bond motifs is 1. The van der Waals surface area contributed by atoms with E-state index in [2.05, 4.69) is 22.7 Å². The lowest BCUT2D eigenvalue weighted by Gasteiger charge is -2.14. The van der Waals surface area contributed by atoms with E-state index in [1.54, 1.807) is 6.07 Å². The standard InChI is InChI=1S/C14H17Cl2FN2S/c1-9(8-20-2)7-19-13-5-10(16)11(17)6-12(13)18-14(19)3-4-15/h5-6,9H,3-4,7-8H2,1-2H3. The molecule has 0 radical (unpaired) electrons. The van der Waals surface area contributed by atoms with Gasteiger partial charge in [-0.2, -0.15) is 11.8 Å². The second-order valence-corrected chi connectivity index (χ2v) is 6.59. The van der Waals surface area contributed by atoms with Crippen LogP contribution in [0, 0.1) is 11.7 Å². The van der Waals surface area contributed by atoms with Crippen molar-refractivity contribution in [1.29, 1.82) is 0 Å². The lowest BCUT2D eigenvalue weighted by atomic mass is 10.2. The second kappa shape index (κ2) is 7.01. The molecule has 1 unspecified atom stereocenters. The van der Waals surface area contributed by atoms with E-state index in [-0.39, 0.29) is 5.02 Å². The summed E-state index contributed by atoms with van der Waals surface area (Å²) in [6.45, 7) is 3.03. The van der Waals surface area contributed by atoms with E-state index < -0.39 is 5.82 Å². The maximum Gasteiger partial charge on any atom is 0.144 e. The lowest BCUT2D eigenvalue weighted by Crippen LogP contribution is -2.13. The fourth-order valence-electron chi connectivity index (χ4n) is 2.30. The molecule has 1 aromatic heterocycles. The third kappa shape index (κ3) is 3.41. The minimum absolute atomic E-state index is 0.133. The number of aromatic nitrogens is 2. The van der Waals surface area contributed by atoms with Crippen LogP contribution >= 0.6 is 35.0 Å². The van der Waals surface area contributed by atoms with Gasteiger partial charge in [0.05, 0.1) is 16.1 Å². The zero-order valence-corrected chi connectivity index (χ0v) is 13.8. The van der Waals surface area contributed by atoms with Crippen LogP contribution in [0.4, 0.5) is 4.39 Å². The van der Waals surface area contributed by atoms with Gasteiger partial charge < -0.3 is 4.57 Å². The van der Waals surface area contributed by atoms with Crippen molar-refractivity contribution in [2.75, 3.05) is 17.9 Å². The van der Waals surface area contributed by atoms with Gasteiger partial charge in [-0.1, -0.05) is 18.5 Å². The predicted molar refractivity (Wildman–Crippen MR) is 86.7 cm³/mol. The van der Waals surface area contributed by atoms with E-state index in [4.69, 9.17) is 23.2 Å². The molecule has 0 aliphatic carbocycles. The Morgan fingerprint density at radius 3 is 2.85 bits per heavy atom. The van der Waals surface area contributed by atoms with Crippen molar-refractivity contribution >= 4 is 46.0 Å². The summed E-state index contributed by atoms with van der Waals surface area (Å²) in [5, 5.41) is 0.133. The van der Waals surface area contributed by atoms with Crippen molar-refractivity contribution in [3.05, 3.63) is 28.8 Å². The molecule has 110 valence electrons. The van der Waals surface area contributed by atoms with Crippen LogP contribution in [0.1, 0.15) is 12.7 Å². The van der Waals surface area contributed by atoms with E-state index >= 15 is 0 Å². The zero-order chi connectivity index (χ0) is 14.7. The molecule has 0 N–H and O–H groups in total. The fraction of sp³-hybridized carbons (Fsp3) is 0.500. The summed E-state index contributed by atoms with van der Waals surface area (Å²) in [7, 11) is 0. The molecule has 1 aromatic carbocycles. The molecule has 0 aliphatic rings. The Labute approximate surface area is 132 Å². The monoisotopic (exact) mass is 334 g/mol. The highest BCUT2D eigenvalue weighted by molar-refractivity contribution is 7.98. The third-order valence-electron chi connectivity index (χ3n) is 3.13. The van der Waals surface area contributed by atoms with Gasteiger partial charge in [0.25, 0.3) is 0 Å². The van der Waals surface area contributed by atoms with Crippen LogP contribution in [0.15, 0.2) is 12.1 Å². The predicted octanol–water partition coefficient (Wildman–Crippen LogP) is 4.61. The van der Waals surface area contributed by atoms with Gasteiger partial charge in [-0.3, -0.25) is 0 Å². The van der Waals surface area contributed by atoms with Gasteiger partial charge in [-0.15, -0.1) is 11.6 Å². The SMILES string of the molecule is CSCC(C)Cn1c(CCCl)nc2cc(F)c(Cl)cc21. The molecule has 0 aliphatic heterocycles. The maximum absolute atomic E-state index is 13.5. The van der Waals surface area contributed by atoms with Gasteiger partial charge in [0.2, 0.25) is 0 Å². The van der Waals surface area contributed by atoms with Crippen molar-refractivity contribution in [3.8, 4) is 0 Å². The molecule has 0 amide bonds. The minimum Gasteiger partial charge on any atom is -0.328 e. The number of alkyl halides is 1. The molecule has 2 nitrogen and oxygen atoms in total. The number of rotatable bonds is 6. The summed E-state index contributed by atoms with van der Waals surface area (Å²) in [5.41, 5.74) is 1.52. The van der Waals surface area contributed by atoms with E-state index in [1.807, 2.05) is 11.8 Å². The number of aryl methyl sites for hydroxylation is 1. The molecular weight excluding hydrogens is 318 g/mol. The highest BCUT2D eigenvalue weighted by atomic mass is 35.5. The van der Waals surface area contributed by atoms with Crippen LogP contribution in [0.25, 0.3) is 11.0 Å². The van der Waals surface area contributed by atoms with Crippen molar-refractivity contribution < 1.29 is 4.39 Å². The van der Waals surface area contributed by atoms with E-state index in [0.29, 0.717) is 23.7 Å². The van der Waals surface area contributed by atoms with Gasteiger partial charge in [0.15, 0.2) is 0 Å². The average Bonchev–Trinajstić information content (AvgIpc) is 2.69. The molecule has 0 spiro atoms. The molecule has 1 heterocycles. The van der Waals surface area contributed by atoms with Gasteiger partial charge in [0.1, 0.15) is 11.6 Å². The highest BCUT2D eigenvalue weighted by Crippen LogP contribution is 2.25. The topological polar surface area (TPSA) is 17.8 Å². The minimum atomic E-state index is -0.432. The van der Waals surface area contributed by atoms with Crippen molar-refractivity contribution in [2.45, 2.75) is 19.9 Å². The lowest BCUT2D eigenvalue weighted by molar-refractivity contribution is 0.526. The van der Waals surface area contributed by atoms with Gasteiger partial charge in [0, 0.05) is 24.9 Å². The fourth-order valence-corrected chi connectivity index (χ4v) is 3.30. The summed E-state index contributed by atoms with van der Waals surface area (Å²) >= 11 is 13.6. The van der Waals surface area contributed by atoms with Crippen LogP contribution in [0.3, 0.4) is 0 Å². The normalized spacial score (nSPS) is 13.1. The first kappa shape index (κ1) is 15.9. The largest absolute Gasteiger partial charge is 0.328 e. The number of imidazole rings is 1. The summed E-state index contributed by atoms with van der Waals surface area (Å²) in [4.78, 5) is 4.49. The summed E-state index contributed by atoms with van der Waals surface area (Å²) in [6.07, 6.45) is 2.76. The van der Waals surface area contributed by atoms with Crippen molar-refractivity contribution in [1.82, 2.24) is 9.55 Å². The molecular formula is C14H17Cl2FN2S. The molecule has 0 bridgehead atoms. The summed E-state index contributed by atoms with van der Waals surface area (Å²) < 4.78 is 15.7.